The molecule has 23 heavy (non-hydrogen) atoms. The van der Waals surface area contributed by atoms with E-state index >= 15 is 0 Å². The second-order valence-corrected chi connectivity index (χ2v) is 7.01. The quantitative estimate of drug-likeness (QED) is 0.927. The molecule has 1 unspecified atom stereocenters. The van der Waals surface area contributed by atoms with Crippen molar-refractivity contribution in [2.24, 2.45) is 5.92 Å². The Bertz CT molecular complexity index is 743. The lowest BCUT2D eigenvalue weighted by molar-refractivity contribution is -0.00768. The van der Waals surface area contributed by atoms with Crippen LogP contribution >= 0.6 is 0 Å². The molecular formula is C19H25N3O. The summed E-state index contributed by atoms with van der Waals surface area (Å²) in [5.74, 6) is 0.259. The van der Waals surface area contributed by atoms with E-state index in [9.17, 15) is 5.11 Å². The maximum Gasteiger partial charge on any atom is 0.122 e. The Labute approximate surface area is 137 Å². The first-order valence-corrected chi connectivity index (χ1v) is 8.66. The number of nitrogens with zero attached hydrogens (tertiary/aromatic N) is 3. The second kappa shape index (κ2) is 5.18. The summed E-state index contributed by atoms with van der Waals surface area (Å²) in [6.45, 7) is 7.07. The van der Waals surface area contributed by atoms with E-state index in [4.69, 9.17) is 5.10 Å². The van der Waals surface area contributed by atoms with Gasteiger partial charge in [-0.3, -0.25) is 4.68 Å². The first kappa shape index (κ1) is 14.9. The number of hydrogen-bond acceptors (Lipinski definition) is 3. The van der Waals surface area contributed by atoms with E-state index in [1.54, 1.807) is 0 Å². The Kier molecular flexibility index (Phi) is 3.36. The third-order valence-corrected chi connectivity index (χ3v) is 5.71. The lowest BCUT2D eigenvalue weighted by atomic mass is 9.74. The molecular weight excluding hydrogens is 286 g/mol. The van der Waals surface area contributed by atoms with Crippen LogP contribution in [0.5, 0.6) is 0 Å². The maximum absolute atomic E-state index is 11.9. The molecule has 1 aliphatic heterocycles. The molecule has 4 heteroatoms. The van der Waals surface area contributed by atoms with E-state index in [0.717, 1.165) is 60.6 Å². The molecule has 0 bridgehead atoms. The summed E-state index contributed by atoms with van der Waals surface area (Å²) in [5.41, 5.74) is 4.50. The number of fused-ring (bicyclic) bond motifs is 3. The van der Waals surface area contributed by atoms with Crippen LogP contribution in [-0.4, -0.2) is 39.9 Å². The van der Waals surface area contributed by atoms with E-state index in [1.807, 2.05) is 13.0 Å². The Hall–Kier alpha value is -1.65. The number of aryl methyl sites for hydroxylation is 2. The van der Waals surface area contributed by atoms with E-state index in [2.05, 4.69) is 41.8 Å². The normalized spacial score (nSPS) is 24.7. The summed E-state index contributed by atoms with van der Waals surface area (Å²) in [4.78, 5) is 2.35. The number of rotatable bonds is 2. The fourth-order valence-electron chi connectivity index (χ4n) is 4.55. The number of benzene rings is 1. The maximum atomic E-state index is 11.9. The van der Waals surface area contributed by atoms with Gasteiger partial charge in [0.25, 0.3) is 0 Å². The van der Waals surface area contributed by atoms with Crippen molar-refractivity contribution >= 4 is 0 Å². The van der Waals surface area contributed by atoms with E-state index in [0.29, 0.717) is 0 Å². The summed E-state index contributed by atoms with van der Waals surface area (Å²) in [6, 6.07) is 8.34. The van der Waals surface area contributed by atoms with Crippen molar-refractivity contribution in [3.63, 3.8) is 0 Å². The number of piperidine rings is 1. The third-order valence-electron chi connectivity index (χ3n) is 5.71. The van der Waals surface area contributed by atoms with Crippen molar-refractivity contribution in [1.82, 2.24) is 14.7 Å². The lowest BCUT2D eigenvalue weighted by Crippen LogP contribution is -2.42. The average molecular weight is 311 g/mol. The van der Waals surface area contributed by atoms with E-state index in [-0.39, 0.29) is 5.92 Å². The molecule has 1 aliphatic carbocycles. The molecule has 4 nitrogen and oxygen atoms in total. The fourth-order valence-corrected chi connectivity index (χ4v) is 4.55. The van der Waals surface area contributed by atoms with Crippen LogP contribution < -0.4 is 0 Å². The highest BCUT2D eigenvalue weighted by atomic mass is 16.3. The molecule has 0 spiro atoms. The molecule has 2 aromatic rings. The van der Waals surface area contributed by atoms with Gasteiger partial charge in [0.15, 0.2) is 0 Å². The smallest absolute Gasteiger partial charge is 0.122 e. The van der Waals surface area contributed by atoms with Crippen molar-refractivity contribution in [3.8, 4) is 11.3 Å². The van der Waals surface area contributed by atoms with Gasteiger partial charge in [0.2, 0.25) is 0 Å². The van der Waals surface area contributed by atoms with Gasteiger partial charge in [0.05, 0.1) is 11.4 Å². The van der Waals surface area contributed by atoms with Crippen molar-refractivity contribution in [3.05, 3.63) is 41.1 Å². The van der Waals surface area contributed by atoms with Crippen LogP contribution in [0.25, 0.3) is 11.3 Å². The number of aliphatic hydroxyl groups is 1. The summed E-state index contributed by atoms with van der Waals surface area (Å²) >= 11 is 0. The SMILES string of the molecule is CCn1nc(C)c2c1-c1ccccc1C2(O)C1CCN(C)CC1. The van der Waals surface area contributed by atoms with Gasteiger partial charge >= 0.3 is 0 Å². The van der Waals surface area contributed by atoms with Gasteiger partial charge in [-0.15, -0.1) is 0 Å². The van der Waals surface area contributed by atoms with Crippen LogP contribution in [0.2, 0.25) is 0 Å². The average Bonchev–Trinajstić information content (AvgIpc) is 3.04. The zero-order chi connectivity index (χ0) is 16.2. The first-order valence-electron chi connectivity index (χ1n) is 8.66. The van der Waals surface area contributed by atoms with Crippen LogP contribution in [0.1, 0.15) is 36.6 Å². The van der Waals surface area contributed by atoms with Crippen LogP contribution in [-0.2, 0) is 12.1 Å². The topological polar surface area (TPSA) is 41.3 Å². The van der Waals surface area contributed by atoms with Gasteiger partial charge < -0.3 is 10.0 Å². The van der Waals surface area contributed by atoms with Crippen LogP contribution in [0, 0.1) is 12.8 Å². The minimum atomic E-state index is -0.884. The van der Waals surface area contributed by atoms with Gasteiger partial charge in [-0.2, -0.15) is 5.10 Å². The minimum absolute atomic E-state index is 0.259. The Morgan fingerprint density at radius 2 is 1.96 bits per heavy atom. The predicted molar refractivity (Wildman–Crippen MR) is 91.3 cm³/mol. The summed E-state index contributed by atoms with van der Waals surface area (Å²) in [7, 11) is 2.16. The highest BCUT2D eigenvalue weighted by molar-refractivity contribution is 5.78. The standard InChI is InChI=1S/C19H25N3O/c1-4-22-18-15-7-5-6-8-16(15)19(23,17(18)13(2)20-22)14-9-11-21(3)12-10-14/h5-8,14,23H,4,9-12H2,1-3H3. The highest BCUT2D eigenvalue weighted by Crippen LogP contribution is 2.54. The van der Waals surface area contributed by atoms with Gasteiger partial charge in [0.1, 0.15) is 5.60 Å². The molecule has 0 saturated carbocycles. The molecule has 122 valence electrons. The monoisotopic (exact) mass is 311 g/mol. The minimum Gasteiger partial charge on any atom is -0.380 e. The second-order valence-electron chi connectivity index (χ2n) is 7.01. The van der Waals surface area contributed by atoms with E-state index in [1.165, 1.54) is 0 Å². The molecule has 4 rings (SSSR count). The van der Waals surface area contributed by atoms with Gasteiger partial charge in [-0.25, -0.2) is 0 Å². The van der Waals surface area contributed by atoms with Crippen LogP contribution in [0.15, 0.2) is 24.3 Å². The molecule has 0 amide bonds. The Balaban J connectivity index is 1.92. The highest BCUT2D eigenvalue weighted by Gasteiger charge is 2.50. The van der Waals surface area contributed by atoms with Crippen LogP contribution in [0.3, 0.4) is 0 Å². The van der Waals surface area contributed by atoms with Gasteiger partial charge in [0, 0.05) is 17.7 Å². The molecule has 2 aliphatic rings. The molecule has 0 radical (unpaired) electrons. The first-order chi connectivity index (χ1) is 11.1. The molecule has 1 aromatic carbocycles. The molecule has 1 N–H and O–H groups in total. The third kappa shape index (κ3) is 1.95. The van der Waals surface area contributed by atoms with Crippen LogP contribution in [0.4, 0.5) is 0 Å². The summed E-state index contributed by atoms with van der Waals surface area (Å²) in [6.07, 6.45) is 2.05. The largest absolute Gasteiger partial charge is 0.380 e. The Morgan fingerprint density at radius 3 is 2.65 bits per heavy atom. The molecule has 1 atom stereocenters. The molecule has 1 aromatic heterocycles. The molecule has 2 heterocycles. The Morgan fingerprint density at radius 1 is 1.26 bits per heavy atom. The van der Waals surface area contributed by atoms with E-state index < -0.39 is 5.60 Å². The number of likely N-dealkylation sites (tertiary alicyclic amines) is 1. The molecule has 1 fully saturated rings. The number of hydrogen-bond donors (Lipinski definition) is 1. The predicted octanol–water partition coefficient (Wildman–Crippen LogP) is 2.77. The van der Waals surface area contributed by atoms with Crippen molar-refractivity contribution < 1.29 is 5.11 Å². The lowest BCUT2D eigenvalue weighted by Gasteiger charge is -2.39. The van der Waals surface area contributed by atoms with Crippen molar-refractivity contribution in [2.45, 2.75) is 38.8 Å². The molecule has 1 saturated heterocycles. The van der Waals surface area contributed by atoms with Gasteiger partial charge in [-0.1, -0.05) is 24.3 Å². The van der Waals surface area contributed by atoms with Crippen molar-refractivity contribution in [2.75, 3.05) is 20.1 Å². The number of aromatic nitrogens is 2. The zero-order valence-electron chi connectivity index (χ0n) is 14.2. The summed E-state index contributed by atoms with van der Waals surface area (Å²) < 4.78 is 2.05. The summed E-state index contributed by atoms with van der Waals surface area (Å²) in [5, 5.41) is 16.6. The zero-order valence-corrected chi connectivity index (χ0v) is 14.2. The fraction of sp³-hybridized carbons (Fsp3) is 0.526. The van der Waals surface area contributed by atoms with Gasteiger partial charge in [-0.05, 0) is 58.3 Å². The van der Waals surface area contributed by atoms with Crippen molar-refractivity contribution in [1.29, 1.82) is 0 Å².